The van der Waals surface area contributed by atoms with Gasteiger partial charge in [-0.25, -0.2) is 8.42 Å². The molecule has 0 atom stereocenters. The highest BCUT2D eigenvalue weighted by atomic mass is 32.2. The van der Waals surface area contributed by atoms with E-state index in [-0.39, 0.29) is 22.2 Å². The van der Waals surface area contributed by atoms with Crippen LogP contribution in [0, 0.1) is 6.92 Å². The number of thiazole rings is 1. The molecule has 1 N–H and O–H groups in total. The number of hydrogen-bond acceptors (Lipinski definition) is 4. The normalized spacial score (nSPS) is 11.6. The molecular weight excluding hydrogens is 260 g/mol. The van der Waals surface area contributed by atoms with E-state index in [2.05, 4.69) is 18.1 Å². The van der Waals surface area contributed by atoms with Gasteiger partial charge in [-0.2, -0.15) is 4.31 Å². The van der Waals surface area contributed by atoms with Crippen LogP contribution in [0.5, 0.6) is 0 Å². The first kappa shape index (κ1) is 13.9. The number of aromatic amines is 1. The molecule has 7 heteroatoms. The monoisotopic (exact) mass is 274 g/mol. The molecule has 1 heterocycles. The predicted octanol–water partition coefficient (Wildman–Crippen LogP) is 1.11. The SMILES string of the molecule is C=CCN(CC=C)S(=O)(=O)c1sc(=O)[nH]c1C. The van der Waals surface area contributed by atoms with Crippen LogP contribution >= 0.6 is 11.3 Å². The Labute approximate surface area is 104 Å². The van der Waals surface area contributed by atoms with Crippen LogP contribution in [-0.4, -0.2) is 30.8 Å². The summed E-state index contributed by atoms with van der Waals surface area (Å²) in [5.41, 5.74) is 0.359. The van der Waals surface area contributed by atoms with E-state index in [1.54, 1.807) is 6.92 Å². The van der Waals surface area contributed by atoms with Crippen molar-refractivity contribution in [3.05, 3.63) is 40.7 Å². The minimum atomic E-state index is -3.66. The lowest BCUT2D eigenvalue weighted by Gasteiger charge is -2.17. The van der Waals surface area contributed by atoms with Crippen LogP contribution in [-0.2, 0) is 10.0 Å². The molecule has 0 bridgehead atoms. The first-order chi connectivity index (χ1) is 7.93. The molecule has 1 aromatic heterocycles. The minimum Gasteiger partial charge on any atom is -0.315 e. The maximum atomic E-state index is 12.2. The van der Waals surface area contributed by atoms with Crippen LogP contribution in [0.15, 0.2) is 34.3 Å². The zero-order valence-electron chi connectivity index (χ0n) is 9.47. The molecule has 0 aliphatic rings. The fourth-order valence-electron chi connectivity index (χ4n) is 1.31. The average molecular weight is 274 g/mol. The first-order valence-corrected chi connectivity index (χ1v) is 7.10. The van der Waals surface area contributed by atoms with E-state index >= 15 is 0 Å². The average Bonchev–Trinajstić information content (AvgIpc) is 2.58. The van der Waals surface area contributed by atoms with Crippen molar-refractivity contribution in [2.24, 2.45) is 0 Å². The standard InChI is InChI=1S/C10H14N2O3S2/c1-4-6-12(7-5-2)17(14,15)9-8(3)11-10(13)16-9/h4-5H,1-2,6-7H2,3H3,(H,11,13). The second-order valence-corrected chi connectivity index (χ2v) is 6.44. The molecule has 0 radical (unpaired) electrons. The molecule has 0 aliphatic carbocycles. The lowest BCUT2D eigenvalue weighted by Crippen LogP contribution is -2.31. The third kappa shape index (κ3) is 2.93. The summed E-state index contributed by atoms with van der Waals surface area (Å²) >= 11 is 0.692. The van der Waals surface area contributed by atoms with Gasteiger partial charge in [0.25, 0.3) is 10.0 Å². The second kappa shape index (κ2) is 5.44. The summed E-state index contributed by atoms with van der Waals surface area (Å²) in [6.45, 7) is 8.94. The highest BCUT2D eigenvalue weighted by molar-refractivity contribution is 7.91. The Bertz CT molecular complexity index is 559. The van der Waals surface area contributed by atoms with Gasteiger partial charge in [-0.1, -0.05) is 23.5 Å². The van der Waals surface area contributed by atoms with E-state index in [4.69, 9.17) is 0 Å². The summed E-state index contributed by atoms with van der Waals surface area (Å²) in [5, 5.41) is 0. The summed E-state index contributed by atoms with van der Waals surface area (Å²) in [6.07, 6.45) is 2.98. The Morgan fingerprint density at radius 3 is 2.24 bits per heavy atom. The van der Waals surface area contributed by atoms with Crippen molar-refractivity contribution in [1.82, 2.24) is 9.29 Å². The zero-order chi connectivity index (χ0) is 13.1. The zero-order valence-corrected chi connectivity index (χ0v) is 11.1. The third-order valence-electron chi connectivity index (χ3n) is 2.02. The van der Waals surface area contributed by atoms with Crippen molar-refractivity contribution in [2.45, 2.75) is 11.1 Å². The number of sulfonamides is 1. The highest BCUT2D eigenvalue weighted by Crippen LogP contribution is 2.20. The lowest BCUT2D eigenvalue weighted by molar-refractivity contribution is 0.475. The second-order valence-electron chi connectivity index (χ2n) is 3.33. The molecule has 0 fully saturated rings. The maximum absolute atomic E-state index is 12.2. The van der Waals surface area contributed by atoms with Crippen molar-refractivity contribution in [3.63, 3.8) is 0 Å². The molecule has 5 nitrogen and oxygen atoms in total. The van der Waals surface area contributed by atoms with Gasteiger partial charge in [0.2, 0.25) is 0 Å². The summed E-state index contributed by atoms with van der Waals surface area (Å²) in [6, 6.07) is 0. The number of hydrogen-bond donors (Lipinski definition) is 1. The highest BCUT2D eigenvalue weighted by Gasteiger charge is 2.26. The number of nitrogens with zero attached hydrogens (tertiary/aromatic N) is 1. The summed E-state index contributed by atoms with van der Waals surface area (Å²) in [5.74, 6) is 0. The van der Waals surface area contributed by atoms with Gasteiger partial charge in [0.1, 0.15) is 0 Å². The van der Waals surface area contributed by atoms with Crippen LogP contribution in [0.1, 0.15) is 5.69 Å². The lowest BCUT2D eigenvalue weighted by atomic mass is 10.5. The van der Waals surface area contributed by atoms with Crippen LogP contribution in [0.4, 0.5) is 0 Å². The van der Waals surface area contributed by atoms with Gasteiger partial charge in [-0.05, 0) is 6.92 Å². The largest absolute Gasteiger partial charge is 0.315 e. The van der Waals surface area contributed by atoms with Crippen LogP contribution in [0.2, 0.25) is 0 Å². The third-order valence-corrected chi connectivity index (χ3v) is 5.43. The topological polar surface area (TPSA) is 70.2 Å². The molecule has 1 aromatic rings. The van der Waals surface area contributed by atoms with E-state index in [0.29, 0.717) is 17.0 Å². The molecular formula is C10H14N2O3S2. The Morgan fingerprint density at radius 1 is 1.35 bits per heavy atom. The molecule has 0 spiro atoms. The molecule has 17 heavy (non-hydrogen) atoms. The number of rotatable bonds is 6. The Balaban J connectivity index is 3.24. The number of nitrogens with one attached hydrogen (secondary N) is 1. The van der Waals surface area contributed by atoms with Crippen LogP contribution < -0.4 is 4.87 Å². The molecule has 0 unspecified atom stereocenters. The van der Waals surface area contributed by atoms with E-state index < -0.39 is 10.0 Å². The molecule has 0 saturated carbocycles. The van der Waals surface area contributed by atoms with Crippen molar-refractivity contribution in [1.29, 1.82) is 0 Å². The van der Waals surface area contributed by atoms with Gasteiger partial charge < -0.3 is 4.98 Å². The van der Waals surface area contributed by atoms with E-state index in [1.807, 2.05) is 0 Å². The van der Waals surface area contributed by atoms with Gasteiger partial charge in [-0.3, -0.25) is 4.79 Å². The van der Waals surface area contributed by atoms with Crippen molar-refractivity contribution in [2.75, 3.05) is 13.1 Å². The molecule has 1 rings (SSSR count). The Morgan fingerprint density at radius 2 is 1.88 bits per heavy atom. The molecule has 0 aromatic carbocycles. The van der Waals surface area contributed by atoms with E-state index in [0.717, 1.165) is 0 Å². The smallest absolute Gasteiger partial charge is 0.305 e. The summed E-state index contributed by atoms with van der Waals surface area (Å²) in [7, 11) is -3.66. The molecule has 0 amide bonds. The van der Waals surface area contributed by atoms with E-state index in [1.165, 1.54) is 16.5 Å². The van der Waals surface area contributed by atoms with Gasteiger partial charge in [-0.15, -0.1) is 13.2 Å². The fraction of sp³-hybridized carbons (Fsp3) is 0.300. The molecule has 0 aliphatic heterocycles. The van der Waals surface area contributed by atoms with E-state index in [9.17, 15) is 13.2 Å². The number of H-pyrrole nitrogens is 1. The van der Waals surface area contributed by atoms with Gasteiger partial charge in [0.15, 0.2) is 4.21 Å². The van der Waals surface area contributed by atoms with Gasteiger partial charge >= 0.3 is 4.87 Å². The van der Waals surface area contributed by atoms with Crippen LogP contribution in [0.25, 0.3) is 0 Å². The Hall–Kier alpha value is -1.18. The van der Waals surface area contributed by atoms with Gasteiger partial charge in [0.05, 0.1) is 0 Å². The first-order valence-electron chi connectivity index (χ1n) is 4.85. The number of aryl methyl sites for hydroxylation is 1. The maximum Gasteiger partial charge on any atom is 0.305 e. The predicted molar refractivity (Wildman–Crippen MR) is 68.8 cm³/mol. The summed E-state index contributed by atoms with van der Waals surface area (Å²) in [4.78, 5) is 13.2. The summed E-state index contributed by atoms with van der Waals surface area (Å²) < 4.78 is 25.7. The Kier molecular flexibility index (Phi) is 4.44. The molecule has 94 valence electrons. The quantitative estimate of drug-likeness (QED) is 0.790. The molecule has 0 saturated heterocycles. The minimum absolute atomic E-state index is 0.0474. The van der Waals surface area contributed by atoms with Crippen molar-refractivity contribution in [3.8, 4) is 0 Å². The van der Waals surface area contributed by atoms with Crippen LogP contribution in [0.3, 0.4) is 0 Å². The van der Waals surface area contributed by atoms with Gasteiger partial charge in [0, 0.05) is 18.8 Å². The number of aromatic nitrogens is 1. The van der Waals surface area contributed by atoms with Crippen molar-refractivity contribution < 1.29 is 8.42 Å². The fourth-order valence-corrected chi connectivity index (χ4v) is 4.13. The van der Waals surface area contributed by atoms with Crippen molar-refractivity contribution >= 4 is 21.4 Å².